The number of fused-ring (bicyclic) bond motifs is 1. The summed E-state index contributed by atoms with van der Waals surface area (Å²) in [5.41, 5.74) is 3.15. The van der Waals surface area contributed by atoms with E-state index < -0.39 is 0 Å². The SMILES string of the molecule is Cc1noc(CCNC(=O)c2ccc3c(c2)CNC3)n1. The van der Waals surface area contributed by atoms with Crippen molar-refractivity contribution < 1.29 is 9.32 Å². The molecule has 2 heterocycles. The molecule has 2 N–H and O–H groups in total. The predicted molar refractivity (Wildman–Crippen MR) is 72.1 cm³/mol. The minimum absolute atomic E-state index is 0.0732. The van der Waals surface area contributed by atoms with Gasteiger partial charge in [0.25, 0.3) is 5.91 Å². The zero-order valence-electron chi connectivity index (χ0n) is 11.3. The van der Waals surface area contributed by atoms with Crippen molar-refractivity contribution in [1.82, 2.24) is 20.8 Å². The number of nitrogens with one attached hydrogen (secondary N) is 2. The van der Waals surface area contributed by atoms with Crippen LogP contribution in [-0.4, -0.2) is 22.6 Å². The van der Waals surface area contributed by atoms with Gasteiger partial charge in [-0.3, -0.25) is 4.79 Å². The van der Waals surface area contributed by atoms with Crippen LogP contribution in [0, 0.1) is 6.92 Å². The third-order valence-electron chi connectivity index (χ3n) is 3.29. The number of nitrogens with zero attached hydrogens (tertiary/aromatic N) is 2. The Kier molecular flexibility index (Phi) is 3.47. The van der Waals surface area contributed by atoms with Gasteiger partial charge in [-0.05, 0) is 30.2 Å². The molecule has 0 spiro atoms. The monoisotopic (exact) mass is 272 g/mol. The molecule has 0 saturated carbocycles. The molecule has 2 aromatic rings. The molecule has 1 amide bonds. The lowest BCUT2D eigenvalue weighted by atomic mass is 10.1. The van der Waals surface area contributed by atoms with Crippen LogP contribution in [-0.2, 0) is 19.5 Å². The fraction of sp³-hybridized carbons (Fsp3) is 0.357. The largest absolute Gasteiger partial charge is 0.352 e. The fourth-order valence-corrected chi connectivity index (χ4v) is 2.26. The number of rotatable bonds is 4. The predicted octanol–water partition coefficient (Wildman–Crippen LogP) is 0.954. The van der Waals surface area contributed by atoms with Gasteiger partial charge in [0, 0.05) is 31.6 Å². The molecule has 6 heteroatoms. The van der Waals surface area contributed by atoms with Crippen LogP contribution in [0.25, 0.3) is 0 Å². The number of aryl methyl sites for hydroxylation is 1. The Morgan fingerprint density at radius 3 is 3.05 bits per heavy atom. The zero-order chi connectivity index (χ0) is 13.9. The van der Waals surface area contributed by atoms with Gasteiger partial charge in [-0.25, -0.2) is 0 Å². The van der Waals surface area contributed by atoms with Crippen molar-refractivity contribution in [3.05, 3.63) is 46.6 Å². The van der Waals surface area contributed by atoms with Crippen LogP contribution < -0.4 is 10.6 Å². The lowest BCUT2D eigenvalue weighted by molar-refractivity contribution is 0.0953. The second-order valence-electron chi connectivity index (χ2n) is 4.83. The molecule has 6 nitrogen and oxygen atoms in total. The van der Waals surface area contributed by atoms with Crippen LogP contribution in [0.5, 0.6) is 0 Å². The van der Waals surface area contributed by atoms with E-state index in [-0.39, 0.29) is 5.91 Å². The Hall–Kier alpha value is -2.21. The van der Waals surface area contributed by atoms with Gasteiger partial charge >= 0.3 is 0 Å². The summed E-state index contributed by atoms with van der Waals surface area (Å²) >= 11 is 0. The molecule has 3 rings (SSSR count). The number of carbonyl (C=O) groups is 1. The van der Waals surface area contributed by atoms with E-state index in [0.717, 1.165) is 13.1 Å². The van der Waals surface area contributed by atoms with Crippen LogP contribution >= 0.6 is 0 Å². The molecule has 104 valence electrons. The van der Waals surface area contributed by atoms with Gasteiger partial charge in [0.1, 0.15) is 0 Å². The van der Waals surface area contributed by atoms with Crippen molar-refractivity contribution >= 4 is 5.91 Å². The summed E-state index contributed by atoms with van der Waals surface area (Å²) in [5, 5.41) is 9.83. The Morgan fingerprint density at radius 2 is 2.25 bits per heavy atom. The standard InChI is InChI=1S/C14H16N4O2/c1-9-17-13(20-18-9)4-5-16-14(19)10-2-3-11-7-15-8-12(11)6-10/h2-3,6,15H,4-5,7-8H2,1H3,(H,16,19). The molecule has 1 aromatic carbocycles. The minimum Gasteiger partial charge on any atom is -0.352 e. The molecule has 0 unspecified atom stereocenters. The van der Waals surface area contributed by atoms with Gasteiger partial charge in [-0.1, -0.05) is 11.2 Å². The van der Waals surface area contributed by atoms with Crippen molar-refractivity contribution in [2.45, 2.75) is 26.4 Å². The highest BCUT2D eigenvalue weighted by molar-refractivity contribution is 5.94. The molecule has 20 heavy (non-hydrogen) atoms. The van der Waals surface area contributed by atoms with Crippen LogP contribution in [0.4, 0.5) is 0 Å². The van der Waals surface area contributed by atoms with Crippen molar-refractivity contribution in [2.24, 2.45) is 0 Å². The van der Waals surface area contributed by atoms with E-state index in [1.165, 1.54) is 11.1 Å². The van der Waals surface area contributed by atoms with Gasteiger partial charge in [0.05, 0.1) is 0 Å². The molecule has 0 aliphatic carbocycles. The molecule has 0 fully saturated rings. The smallest absolute Gasteiger partial charge is 0.251 e. The van der Waals surface area contributed by atoms with Crippen molar-refractivity contribution in [3.8, 4) is 0 Å². The third kappa shape index (κ3) is 2.70. The minimum atomic E-state index is -0.0732. The molecule has 1 aliphatic rings. The molecule has 0 saturated heterocycles. The summed E-state index contributed by atoms with van der Waals surface area (Å²) in [6, 6.07) is 5.81. The maximum atomic E-state index is 12.0. The fourth-order valence-electron chi connectivity index (χ4n) is 2.26. The van der Waals surface area contributed by atoms with E-state index in [4.69, 9.17) is 4.52 Å². The van der Waals surface area contributed by atoms with E-state index in [1.807, 2.05) is 18.2 Å². The molecular weight excluding hydrogens is 256 g/mol. The van der Waals surface area contributed by atoms with Crippen LogP contribution in [0.1, 0.15) is 33.2 Å². The highest BCUT2D eigenvalue weighted by atomic mass is 16.5. The second kappa shape index (κ2) is 5.42. The van der Waals surface area contributed by atoms with Crippen molar-refractivity contribution in [2.75, 3.05) is 6.54 Å². The van der Waals surface area contributed by atoms with Crippen molar-refractivity contribution in [1.29, 1.82) is 0 Å². The van der Waals surface area contributed by atoms with Gasteiger partial charge in [-0.2, -0.15) is 4.98 Å². The van der Waals surface area contributed by atoms with Crippen molar-refractivity contribution in [3.63, 3.8) is 0 Å². The maximum Gasteiger partial charge on any atom is 0.251 e. The van der Waals surface area contributed by atoms with E-state index in [1.54, 1.807) is 6.92 Å². The lowest BCUT2D eigenvalue weighted by Gasteiger charge is -2.05. The second-order valence-corrected chi connectivity index (χ2v) is 4.83. The average molecular weight is 272 g/mol. The normalized spacial score (nSPS) is 13.2. The van der Waals surface area contributed by atoms with Crippen LogP contribution in [0.2, 0.25) is 0 Å². The molecule has 0 bridgehead atoms. The molecule has 1 aromatic heterocycles. The third-order valence-corrected chi connectivity index (χ3v) is 3.29. The first kappa shape index (κ1) is 12.8. The first-order valence-electron chi connectivity index (χ1n) is 6.62. The summed E-state index contributed by atoms with van der Waals surface area (Å²) in [7, 11) is 0. The first-order valence-corrected chi connectivity index (χ1v) is 6.62. The highest BCUT2D eigenvalue weighted by Gasteiger charge is 2.13. The molecule has 0 atom stereocenters. The molecular formula is C14H16N4O2. The molecule has 0 radical (unpaired) electrons. The summed E-state index contributed by atoms with van der Waals surface area (Å²) in [4.78, 5) is 16.1. The topological polar surface area (TPSA) is 80.0 Å². The van der Waals surface area contributed by atoms with Gasteiger partial charge in [0.2, 0.25) is 5.89 Å². The van der Waals surface area contributed by atoms with Gasteiger partial charge in [0.15, 0.2) is 5.82 Å². The Morgan fingerprint density at radius 1 is 1.40 bits per heavy atom. The lowest BCUT2D eigenvalue weighted by Crippen LogP contribution is -2.25. The molecule has 1 aliphatic heterocycles. The van der Waals surface area contributed by atoms with E-state index in [0.29, 0.717) is 30.2 Å². The van der Waals surface area contributed by atoms with Crippen LogP contribution in [0.3, 0.4) is 0 Å². The maximum absolute atomic E-state index is 12.0. The summed E-state index contributed by atoms with van der Waals surface area (Å²) in [5.74, 6) is 1.08. The number of hydrogen-bond donors (Lipinski definition) is 2. The zero-order valence-corrected chi connectivity index (χ0v) is 11.3. The quantitative estimate of drug-likeness (QED) is 0.866. The number of aromatic nitrogens is 2. The van der Waals surface area contributed by atoms with Crippen LogP contribution in [0.15, 0.2) is 22.7 Å². The van der Waals surface area contributed by atoms with E-state index >= 15 is 0 Å². The van der Waals surface area contributed by atoms with E-state index in [2.05, 4.69) is 20.8 Å². The first-order chi connectivity index (χ1) is 9.72. The highest BCUT2D eigenvalue weighted by Crippen LogP contribution is 2.16. The Bertz CT molecular complexity index is 636. The number of amides is 1. The number of carbonyl (C=O) groups excluding carboxylic acids is 1. The number of benzene rings is 1. The average Bonchev–Trinajstić information content (AvgIpc) is 3.06. The van der Waals surface area contributed by atoms with Gasteiger partial charge < -0.3 is 15.2 Å². The summed E-state index contributed by atoms with van der Waals surface area (Å²) in [6.07, 6.45) is 0.541. The summed E-state index contributed by atoms with van der Waals surface area (Å²) in [6.45, 7) is 3.96. The summed E-state index contributed by atoms with van der Waals surface area (Å²) < 4.78 is 4.99. The Labute approximate surface area is 116 Å². The number of hydrogen-bond acceptors (Lipinski definition) is 5. The van der Waals surface area contributed by atoms with E-state index in [9.17, 15) is 4.79 Å². The van der Waals surface area contributed by atoms with Gasteiger partial charge in [-0.15, -0.1) is 0 Å². The Balaban J connectivity index is 1.56.